The highest BCUT2D eigenvalue weighted by molar-refractivity contribution is 6.07. The third kappa shape index (κ3) is 4.34. The predicted octanol–water partition coefficient (Wildman–Crippen LogP) is 5.21. The Morgan fingerprint density at radius 1 is 0.882 bits per heavy atom. The zero-order chi connectivity index (χ0) is 23.7. The molecule has 176 valence electrons. The summed E-state index contributed by atoms with van der Waals surface area (Å²) in [5, 5.41) is 4.53. The van der Waals surface area contributed by atoms with Crippen molar-refractivity contribution in [2.45, 2.75) is 25.7 Å². The zero-order valence-corrected chi connectivity index (χ0v) is 18.9. The Hall–Kier alpha value is -3.48. The number of carbonyl (C=O) groups excluding carboxylic acids is 2. The molecule has 7 heteroatoms. The topological polar surface area (TPSA) is 52.7 Å². The SMILES string of the molecule is O=C(Nc1cc(F)c(N2CCCC2)c(F)c1)C1CCCN(C(=O)c2cccc3ccccc23)C1. The van der Waals surface area contributed by atoms with Crippen LogP contribution in [-0.4, -0.2) is 42.9 Å². The van der Waals surface area contributed by atoms with Gasteiger partial charge in [0.05, 0.1) is 5.92 Å². The Bertz CT molecular complexity index is 1210. The van der Waals surface area contributed by atoms with E-state index >= 15 is 0 Å². The summed E-state index contributed by atoms with van der Waals surface area (Å²) in [7, 11) is 0. The van der Waals surface area contributed by atoms with Gasteiger partial charge < -0.3 is 15.1 Å². The van der Waals surface area contributed by atoms with Gasteiger partial charge in [0.1, 0.15) is 5.69 Å². The molecule has 0 saturated carbocycles. The van der Waals surface area contributed by atoms with Crippen molar-refractivity contribution in [2.75, 3.05) is 36.4 Å². The summed E-state index contributed by atoms with van der Waals surface area (Å²) in [5.41, 5.74) is 0.682. The van der Waals surface area contributed by atoms with Gasteiger partial charge in [-0.25, -0.2) is 8.78 Å². The fourth-order valence-electron chi connectivity index (χ4n) is 5.08. The molecule has 2 fully saturated rings. The molecule has 2 saturated heterocycles. The number of amides is 2. The molecular formula is C27H27F2N3O2. The molecule has 0 spiro atoms. The molecule has 2 heterocycles. The van der Waals surface area contributed by atoms with Gasteiger partial charge in [-0.2, -0.15) is 0 Å². The number of rotatable bonds is 4. The predicted molar refractivity (Wildman–Crippen MR) is 129 cm³/mol. The van der Waals surface area contributed by atoms with Crippen LogP contribution >= 0.6 is 0 Å². The zero-order valence-electron chi connectivity index (χ0n) is 18.9. The van der Waals surface area contributed by atoms with E-state index in [-0.39, 0.29) is 29.7 Å². The van der Waals surface area contributed by atoms with Crippen LogP contribution in [0.4, 0.5) is 20.2 Å². The smallest absolute Gasteiger partial charge is 0.254 e. The fourth-order valence-corrected chi connectivity index (χ4v) is 5.08. The van der Waals surface area contributed by atoms with Gasteiger partial charge in [0.15, 0.2) is 11.6 Å². The number of piperidine rings is 1. The number of nitrogens with zero attached hydrogens (tertiary/aromatic N) is 2. The number of carbonyl (C=O) groups is 2. The molecule has 2 aliphatic rings. The van der Waals surface area contributed by atoms with Crippen LogP contribution in [0.2, 0.25) is 0 Å². The minimum absolute atomic E-state index is 0.0278. The maximum atomic E-state index is 14.7. The summed E-state index contributed by atoms with van der Waals surface area (Å²) in [4.78, 5) is 29.6. The van der Waals surface area contributed by atoms with E-state index in [0.717, 1.165) is 23.6 Å². The average Bonchev–Trinajstić information content (AvgIpc) is 3.37. The van der Waals surface area contributed by atoms with Crippen LogP contribution in [0.25, 0.3) is 10.8 Å². The molecule has 5 rings (SSSR count). The standard InChI is InChI=1S/C27H27F2N3O2/c28-23-15-20(16-24(29)25(23)31-12-3-4-13-31)30-26(33)19-9-6-14-32(17-19)27(34)22-11-5-8-18-7-1-2-10-21(18)22/h1-2,5,7-8,10-11,15-16,19H,3-4,6,9,12-14,17H2,(H,30,33). The van der Waals surface area contributed by atoms with Gasteiger partial charge in [0.25, 0.3) is 5.91 Å². The van der Waals surface area contributed by atoms with Crippen LogP contribution in [0, 0.1) is 17.6 Å². The maximum absolute atomic E-state index is 14.7. The molecule has 34 heavy (non-hydrogen) atoms. The molecule has 5 nitrogen and oxygen atoms in total. The van der Waals surface area contributed by atoms with Crippen LogP contribution in [0.1, 0.15) is 36.0 Å². The van der Waals surface area contributed by atoms with E-state index < -0.39 is 17.6 Å². The van der Waals surface area contributed by atoms with E-state index in [1.807, 2.05) is 42.5 Å². The maximum Gasteiger partial charge on any atom is 0.254 e. The van der Waals surface area contributed by atoms with Crippen molar-refractivity contribution in [3.05, 3.63) is 71.8 Å². The molecule has 3 aromatic carbocycles. The van der Waals surface area contributed by atoms with Gasteiger partial charge in [0.2, 0.25) is 5.91 Å². The normalized spacial score (nSPS) is 18.4. The first kappa shape index (κ1) is 22.3. The third-order valence-electron chi connectivity index (χ3n) is 6.81. The lowest BCUT2D eigenvalue weighted by atomic mass is 9.95. The molecule has 2 aliphatic heterocycles. The highest BCUT2D eigenvalue weighted by Gasteiger charge is 2.30. The van der Waals surface area contributed by atoms with Crippen LogP contribution < -0.4 is 10.2 Å². The first-order valence-electron chi connectivity index (χ1n) is 11.8. The van der Waals surface area contributed by atoms with Gasteiger partial charge in [-0.3, -0.25) is 9.59 Å². The molecule has 3 aromatic rings. The molecule has 0 aromatic heterocycles. The minimum atomic E-state index is -0.673. The first-order chi connectivity index (χ1) is 16.5. The van der Waals surface area contributed by atoms with Gasteiger partial charge in [0, 0.05) is 37.4 Å². The monoisotopic (exact) mass is 463 g/mol. The van der Waals surface area contributed by atoms with Crippen LogP contribution in [0.15, 0.2) is 54.6 Å². The van der Waals surface area contributed by atoms with Crippen molar-refractivity contribution in [1.82, 2.24) is 4.90 Å². The molecule has 0 bridgehead atoms. The van der Waals surface area contributed by atoms with Crippen molar-refractivity contribution < 1.29 is 18.4 Å². The summed E-state index contributed by atoms with van der Waals surface area (Å²) < 4.78 is 29.3. The molecule has 1 N–H and O–H groups in total. The number of likely N-dealkylation sites (tertiary alicyclic amines) is 1. The van der Waals surface area contributed by atoms with E-state index in [2.05, 4.69) is 5.32 Å². The Balaban J connectivity index is 1.29. The average molecular weight is 464 g/mol. The van der Waals surface area contributed by atoms with Crippen LogP contribution in [0.5, 0.6) is 0 Å². The van der Waals surface area contributed by atoms with E-state index in [1.54, 1.807) is 9.80 Å². The number of hydrogen-bond donors (Lipinski definition) is 1. The molecule has 1 atom stereocenters. The van der Waals surface area contributed by atoms with Crippen molar-refractivity contribution in [1.29, 1.82) is 0 Å². The largest absolute Gasteiger partial charge is 0.367 e. The van der Waals surface area contributed by atoms with Crippen LogP contribution in [0.3, 0.4) is 0 Å². The van der Waals surface area contributed by atoms with Gasteiger partial charge >= 0.3 is 0 Å². The second-order valence-corrected chi connectivity index (χ2v) is 9.09. The van der Waals surface area contributed by atoms with E-state index in [4.69, 9.17) is 0 Å². The van der Waals surface area contributed by atoms with Crippen molar-refractivity contribution in [3.8, 4) is 0 Å². The highest BCUT2D eigenvalue weighted by Crippen LogP contribution is 2.30. The van der Waals surface area contributed by atoms with Crippen molar-refractivity contribution in [2.24, 2.45) is 5.92 Å². The number of nitrogens with one attached hydrogen (secondary N) is 1. The lowest BCUT2D eigenvalue weighted by molar-refractivity contribution is -0.121. The van der Waals surface area contributed by atoms with Gasteiger partial charge in [-0.1, -0.05) is 36.4 Å². The van der Waals surface area contributed by atoms with E-state index in [1.165, 1.54) is 12.1 Å². The Morgan fingerprint density at radius 2 is 1.59 bits per heavy atom. The van der Waals surface area contributed by atoms with E-state index in [0.29, 0.717) is 38.0 Å². The fraction of sp³-hybridized carbons (Fsp3) is 0.333. The summed E-state index contributed by atoms with van der Waals surface area (Å²) >= 11 is 0. The lowest BCUT2D eigenvalue weighted by Crippen LogP contribution is -2.43. The third-order valence-corrected chi connectivity index (χ3v) is 6.81. The van der Waals surface area contributed by atoms with Gasteiger partial charge in [-0.15, -0.1) is 0 Å². The number of fused-ring (bicyclic) bond motifs is 1. The number of hydrogen-bond acceptors (Lipinski definition) is 3. The molecular weight excluding hydrogens is 436 g/mol. The Kier molecular flexibility index (Phi) is 6.18. The number of halogens is 2. The molecule has 0 radical (unpaired) electrons. The van der Waals surface area contributed by atoms with Gasteiger partial charge in [-0.05, 0) is 54.7 Å². The quantitative estimate of drug-likeness (QED) is 0.578. The summed E-state index contributed by atoms with van der Waals surface area (Å²) in [6.07, 6.45) is 3.12. The number of anilines is 2. The number of benzene rings is 3. The lowest BCUT2D eigenvalue weighted by Gasteiger charge is -2.32. The Morgan fingerprint density at radius 3 is 2.35 bits per heavy atom. The highest BCUT2D eigenvalue weighted by atomic mass is 19.1. The minimum Gasteiger partial charge on any atom is -0.367 e. The van der Waals surface area contributed by atoms with Crippen LogP contribution in [-0.2, 0) is 4.79 Å². The van der Waals surface area contributed by atoms with Crippen molar-refractivity contribution in [3.63, 3.8) is 0 Å². The Labute approximate surface area is 197 Å². The summed E-state index contributed by atoms with van der Waals surface area (Å²) in [6.45, 7) is 2.09. The van der Waals surface area contributed by atoms with E-state index in [9.17, 15) is 18.4 Å². The first-order valence-corrected chi connectivity index (χ1v) is 11.8. The second kappa shape index (κ2) is 9.41. The molecule has 1 unspecified atom stereocenters. The summed E-state index contributed by atoms with van der Waals surface area (Å²) in [5.74, 6) is -2.23. The van der Waals surface area contributed by atoms with Crippen molar-refractivity contribution >= 4 is 34.0 Å². The molecule has 2 amide bonds. The summed E-state index contributed by atoms with van der Waals surface area (Å²) in [6, 6.07) is 15.7. The second-order valence-electron chi connectivity index (χ2n) is 9.09. The molecule has 0 aliphatic carbocycles.